The van der Waals surface area contributed by atoms with Crippen molar-refractivity contribution in [3.05, 3.63) is 47.8 Å². The smallest absolute Gasteiger partial charge is 0.321 e. The number of ether oxygens (including phenoxy) is 1. The van der Waals surface area contributed by atoms with Crippen LogP contribution in [0.5, 0.6) is 11.8 Å². The largest absolute Gasteiger partial charge is 0.424 e. The van der Waals surface area contributed by atoms with Crippen LogP contribution in [-0.4, -0.2) is 9.97 Å². The average molecular weight is 200 g/mol. The molecule has 0 spiro atoms. The van der Waals surface area contributed by atoms with Crippen molar-refractivity contribution in [2.24, 2.45) is 0 Å². The van der Waals surface area contributed by atoms with Gasteiger partial charge in [-0.05, 0) is 37.1 Å². The van der Waals surface area contributed by atoms with E-state index in [-0.39, 0.29) is 0 Å². The molecule has 0 unspecified atom stereocenters. The fourth-order valence-electron chi connectivity index (χ4n) is 1.25. The molecule has 0 N–H and O–H groups in total. The quantitative estimate of drug-likeness (QED) is 0.747. The summed E-state index contributed by atoms with van der Waals surface area (Å²) in [6.07, 6.45) is 3.32. The van der Waals surface area contributed by atoms with E-state index in [9.17, 15) is 0 Å². The molecule has 0 fully saturated rings. The van der Waals surface area contributed by atoms with Crippen LogP contribution in [0.2, 0.25) is 0 Å². The number of aromatic nitrogens is 2. The van der Waals surface area contributed by atoms with Crippen molar-refractivity contribution in [3.63, 3.8) is 0 Å². The summed E-state index contributed by atoms with van der Waals surface area (Å²) in [5, 5.41) is 0. The second-order valence-electron chi connectivity index (χ2n) is 3.40. The highest BCUT2D eigenvalue weighted by Crippen LogP contribution is 2.22. The molecule has 0 saturated heterocycles. The third kappa shape index (κ3) is 2.31. The number of hydrogen-bond donors (Lipinski definition) is 0. The lowest BCUT2D eigenvalue weighted by Gasteiger charge is -2.06. The Morgan fingerprint density at radius 2 is 1.80 bits per heavy atom. The number of rotatable bonds is 2. The summed E-state index contributed by atoms with van der Waals surface area (Å²) in [7, 11) is 0. The number of hydrogen-bond acceptors (Lipinski definition) is 3. The summed E-state index contributed by atoms with van der Waals surface area (Å²) in [6, 6.07) is 8.19. The van der Waals surface area contributed by atoms with Gasteiger partial charge in [0.05, 0.1) is 0 Å². The maximum Gasteiger partial charge on any atom is 0.321 e. The highest BCUT2D eigenvalue weighted by molar-refractivity contribution is 5.37. The molecule has 1 aromatic carbocycles. The lowest BCUT2D eigenvalue weighted by molar-refractivity contribution is 0.438. The van der Waals surface area contributed by atoms with Crippen LogP contribution in [0.1, 0.15) is 11.1 Å². The zero-order valence-electron chi connectivity index (χ0n) is 8.77. The molecular weight excluding hydrogens is 188 g/mol. The second kappa shape index (κ2) is 4.09. The van der Waals surface area contributed by atoms with Gasteiger partial charge in [0.15, 0.2) is 0 Å². The lowest BCUT2D eigenvalue weighted by Crippen LogP contribution is -1.92. The van der Waals surface area contributed by atoms with Crippen LogP contribution in [0, 0.1) is 13.8 Å². The van der Waals surface area contributed by atoms with Crippen molar-refractivity contribution in [1.82, 2.24) is 9.97 Å². The van der Waals surface area contributed by atoms with E-state index in [1.165, 1.54) is 0 Å². The fraction of sp³-hybridized carbons (Fsp3) is 0.167. The van der Waals surface area contributed by atoms with E-state index in [0.717, 1.165) is 16.9 Å². The second-order valence-corrected chi connectivity index (χ2v) is 3.40. The molecule has 0 amide bonds. The number of nitrogens with zero attached hydrogens (tertiary/aromatic N) is 2. The minimum absolute atomic E-state index is 0.381. The van der Waals surface area contributed by atoms with E-state index >= 15 is 0 Å². The van der Waals surface area contributed by atoms with Gasteiger partial charge >= 0.3 is 6.01 Å². The van der Waals surface area contributed by atoms with Gasteiger partial charge < -0.3 is 4.74 Å². The molecule has 2 rings (SSSR count). The van der Waals surface area contributed by atoms with Gasteiger partial charge in [-0.25, -0.2) is 9.97 Å². The van der Waals surface area contributed by atoms with Crippen LogP contribution < -0.4 is 4.74 Å². The van der Waals surface area contributed by atoms with Gasteiger partial charge in [-0.3, -0.25) is 0 Å². The fourth-order valence-corrected chi connectivity index (χ4v) is 1.25. The van der Waals surface area contributed by atoms with E-state index in [4.69, 9.17) is 4.74 Å². The van der Waals surface area contributed by atoms with Gasteiger partial charge in [-0.1, -0.05) is 12.1 Å². The third-order valence-electron chi connectivity index (χ3n) is 2.09. The van der Waals surface area contributed by atoms with Crippen molar-refractivity contribution >= 4 is 0 Å². The zero-order chi connectivity index (χ0) is 10.7. The molecule has 1 aromatic heterocycles. The van der Waals surface area contributed by atoms with Crippen LogP contribution in [-0.2, 0) is 0 Å². The van der Waals surface area contributed by atoms with E-state index in [1.54, 1.807) is 18.5 Å². The molecule has 3 heteroatoms. The predicted molar refractivity (Wildman–Crippen MR) is 58.0 cm³/mol. The molecule has 1 heterocycles. The van der Waals surface area contributed by atoms with Gasteiger partial charge in [-0.15, -0.1) is 0 Å². The lowest BCUT2D eigenvalue weighted by atomic mass is 10.1. The SMILES string of the molecule is Cc1ccc(C)c(Oc2ncccn2)c1. The minimum atomic E-state index is 0.381. The molecule has 0 atom stereocenters. The summed E-state index contributed by atoms with van der Waals surface area (Å²) in [5.41, 5.74) is 2.24. The maximum absolute atomic E-state index is 5.57. The summed E-state index contributed by atoms with van der Waals surface area (Å²) in [5.74, 6) is 0.807. The number of benzene rings is 1. The van der Waals surface area contributed by atoms with E-state index < -0.39 is 0 Å². The van der Waals surface area contributed by atoms with Gasteiger partial charge in [0.2, 0.25) is 0 Å². The van der Waals surface area contributed by atoms with Gasteiger partial charge in [-0.2, -0.15) is 0 Å². The van der Waals surface area contributed by atoms with E-state index in [0.29, 0.717) is 6.01 Å². The molecule has 0 radical (unpaired) electrons. The van der Waals surface area contributed by atoms with Crippen molar-refractivity contribution in [2.75, 3.05) is 0 Å². The van der Waals surface area contributed by atoms with Crippen LogP contribution in [0.15, 0.2) is 36.7 Å². The molecule has 2 aromatic rings. The van der Waals surface area contributed by atoms with Crippen molar-refractivity contribution in [1.29, 1.82) is 0 Å². The maximum atomic E-state index is 5.57. The first-order chi connectivity index (χ1) is 7.25. The molecular formula is C12H12N2O. The molecule has 0 aliphatic rings. The van der Waals surface area contributed by atoms with E-state index in [1.807, 2.05) is 32.0 Å². The van der Waals surface area contributed by atoms with Crippen LogP contribution in [0.3, 0.4) is 0 Å². The summed E-state index contributed by atoms with van der Waals surface area (Å²) >= 11 is 0. The standard InChI is InChI=1S/C12H12N2O/c1-9-4-5-10(2)11(8-9)15-12-13-6-3-7-14-12/h3-8H,1-2H3. The van der Waals surface area contributed by atoms with Gasteiger partial charge in [0.25, 0.3) is 0 Å². The Morgan fingerprint density at radius 3 is 2.53 bits per heavy atom. The Hall–Kier alpha value is -1.90. The van der Waals surface area contributed by atoms with E-state index in [2.05, 4.69) is 9.97 Å². The first-order valence-electron chi connectivity index (χ1n) is 4.78. The highest BCUT2D eigenvalue weighted by atomic mass is 16.5. The monoisotopic (exact) mass is 200 g/mol. The topological polar surface area (TPSA) is 35.0 Å². The van der Waals surface area contributed by atoms with Crippen molar-refractivity contribution < 1.29 is 4.74 Å². The molecule has 0 aliphatic carbocycles. The normalized spacial score (nSPS) is 10.0. The Morgan fingerprint density at radius 1 is 1.07 bits per heavy atom. The van der Waals surface area contributed by atoms with Crippen LogP contribution in [0.25, 0.3) is 0 Å². The average Bonchev–Trinajstić information content (AvgIpc) is 2.25. The first kappa shape index (κ1) is 9.65. The van der Waals surface area contributed by atoms with Crippen LogP contribution >= 0.6 is 0 Å². The minimum Gasteiger partial charge on any atom is -0.424 e. The van der Waals surface area contributed by atoms with Gasteiger partial charge in [0.1, 0.15) is 5.75 Å². The third-order valence-corrected chi connectivity index (χ3v) is 2.09. The predicted octanol–water partition coefficient (Wildman–Crippen LogP) is 2.89. The molecule has 0 saturated carbocycles. The summed E-state index contributed by atoms with van der Waals surface area (Å²) < 4.78 is 5.57. The summed E-state index contributed by atoms with van der Waals surface area (Å²) in [6.45, 7) is 4.02. The zero-order valence-corrected chi connectivity index (χ0v) is 8.77. The molecule has 0 bridgehead atoms. The van der Waals surface area contributed by atoms with Crippen molar-refractivity contribution in [3.8, 4) is 11.8 Å². The van der Waals surface area contributed by atoms with Gasteiger partial charge in [0, 0.05) is 12.4 Å². The molecule has 0 aliphatic heterocycles. The first-order valence-corrected chi connectivity index (χ1v) is 4.78. The molecule has 15 heavy (non-hydrogen) atoms. The van der Waals surface area contributed by atoms with Crippen LogP contribution in [0.4, 0.5) is 0 Å². The Labute approximate surface area is 88.8 Å². The highest BCUT2D eigenvalue weighted by Gasteiger charge is 2.02. The van der Waals surface area contributed by atoms with Crippen molar-refractivity contribution in [2.45, 2.75) is 13.8 Å². The Balaban J connectivity index is 2.28. The molecule has 3 nitrogen and oxygen atoms in total. The Kier molecular flexibility index (Phi) is 2.63. The summed E-state index contributed by atoms with van der Waals surface area (Å²) in [4.78, 5) is 8.02. The Bertz CT molecular complexity index is 454. The molecule has 76 valence electrons. The number of aryl methyl sites for hydroxylation is 2.